The van der Waals surface area contributed by atoms with Crippen LogP contribution in [0.1, 0.15) is 16.1 Å². The number of nitriles is 1. The molecule has 1 amide bonds. The highest BCUT2D eigenvalue weighted by Gasteiger charge is 2.06. The molecule has 0 aliphatic carbocycles. The fraction of sp³-hybridized carbons (Fsp3) is 0. The average Bonchev–Trinajstić information content (AvgIpc) is 2.39. The summed E-state index contributed by atoms with van der Waals surface area (Å²) in [6.45, 7) is 0. The fourth-order valence-electron chi connectivity index (χ4n) is 1.45. The molecule has 1 aromatic heterocycles. The first kappa shape index (κ1) is 11.6. The first-order chi connectivity index (χ1) is 8.69. The lowest BCUT2D eigenvalue weighted by Crippen LogP contribution is -2.17. The van der Waals surface area contributed by atoms with Gasteiger partial charge in [0.05, 0.1) is 11.6 Å². The Bertz CT molecular complexity index is 683. The summed E-state index contributed by atoms with van der Waals surface area (Å²) >= 11 is 0. The van der Waals surface area contributed by atoms with Gasteiger partial charge in [0, 0.05) is 11.8 Å². The van der Waals surface area contributed by atoms with Gasteiger partial charge in [-0.2, -0.15) is 5.26 Å². The second-order valence-electron chi connectivity index (χ2n) is 3.58. The number of aromatic amines is 1. The summed E-state index contributed by atoms with van der Waals surface area (Å²) in [5, 5.41) is 11.3. The van der Waals surface area contributed by atoms with E-state index in [0.29, 0.717) is 11.3 Å². The maximum Gasteiger partial charge on any atom is 0.272 e. The third kappa shape index (κ3) is 2.62. The molecular formula is C13H9N3O2. The van der Waals surface area contributed by atoms with E-state index in [4.69, 9.17) is 5.26 Å². The predicted molar refractivity (Wildman–Crippen MR) is 66.2 cm³/mol. The Morgan fingerprint density at radius 2 is 2.00 bits per heavy atom. The molecule has 0 aliphatic heterocycles. The van der Waals surface area contributed by atoms with E-state index in [2.05, 4.69) is 10.3 Å². The molecule has 0 aliphatic rings. The number of rotatable bonds is 2. The molecule has 5 nitrogen and oxygen atoms in total. The quantitative estimate of drug-likeness (QED) is 0.832. The van der Waals surface area contributed by atoms with E-state index in [-0.39, 0.29) is 11.3 Å². The molecule has 0 saturated heterocycles. The Kier molecular flexibility index (Phi) is 3.21. The molecule has 0 radical (unpaired) electrons. The van der Waals surface area contributed by atoms with Crippen molar-refractivity contribution < 1.29 is 4.79 Å². The number of nitrogens with one attached hydrogen (secondary N) is 2. The molecule has 0 spiro atoms. The minimum atomic E-state index is -0.428. The number of pyridine rings is 1. The summed E-state index contributed by atoms with van der Waals surface area (Å²) in [5.41, 5.74) is 0.788. The maximum atomic E-state index is 11.8. The number of amides is 1. The van der Waals surface area contributed by atoms with Crippen LogP contribution in [0, 0.1) is 11.3 Å². The van der Waals surface area contributed by atoms with Crippen LogP contribution in [0.3, 0.4) is 0 Å². The van der Waals surface area contributed by atoms with Gasteiger partial charge in [0.25, 0.3) is 5.91 Å². The first-order valence-electron chi connectivity index (χ1n) is 5.20. The third-order valence-corrected chi connectivity index (χ3v) is 2.26. The monoisotopic (exact) mass is 239 g/mol. The molecule has 0 atom stereocenters. The second kappa shape index (κ2) is 4.97. The van der Waals surface area contributed by atoms with Crippen LogP contribution in [0.5, 0.6) is 0 Å². The molecule has 88 valence electrons. The summed E-state index contributed by atoms with van der Waals surface area (Å²) in [7, 11) is 0. The number of nitrogens with zero attached hydrogens (tertiary/aromatic N) is 1. The Morgan fingerprint density at radius 3 is 2.72 bits per heavy atom. The number of carbonyl (C=O) groups excluding carboxylic acids is 1. The summed E-state index contributed by atoms with van der Waals surface area (Å²) < 4.78 is 0. The van der Waals surface area contributed by atoms with Crippen molar-refractivity contribution in [1.29, 1.82) is 5.26 Å². The number of hydrogen-bond donors (Lipinski definition) is 2. The van der Waals surface area contributed by atoms with Gasteiger partial charge in [0.15, 0.2) is 0 Å². The van der Waals surface area contributed by atoms with E-state index in [9.17, 15) is 9.59 Å². The van der Waals surface area contributed by atoms with Crippen LogP contribution in [0.4, 0.5) is 5.69 Å². The normalized spacial score (nSPS) is 9.50. The smallest absolute Gasteiger partial charge is 0.272 e. The molecule has 2 rings (SSSR count). The van der Waals surface area contributed by atoms with E-state index in [1.165, 1.54) is 18.2 Å². The van der Waals surface area contributed by atoms with E-state index in [1.807, 2.05) is 6.07 Å². The average molecular weight is 239 g/mol. The van der Waals surface area contributed by atoms with Crippen LogP contribution < -0.4 is 10.9 Å². The van der Waals surface area contributed by atoms with Crippen LogP contribution in [-0.2, 0) is 0 Å². The van der Waals surface area contributed by atoms with Gasteiger partial charge in [0.2, 0.25) is 5.56 Å². The van der Waals surface area contributed by atoms with Gasteiger partial charge in [0.1, 0.15) is 5.69 Å². The maximum absolute atomic E-state index is 11.8. The third-order valence-electron chi connectivity index (χ3n) is 2.26. The van der Waals surface area contributed by atoms with Gasteiger partial charge in [-0.15, -0.1) is 0 Å². The van der Waals surface area contributed by atoms with E-state index in [0.717, 1.165) is 0 Å². The zero-order chi connectivity index (χ0) is 13.0. The Morgan fingerprint density at radius 1 is 1.22 bits per heavy atom. The highest BCUT2D eigenvalue weighted by molar-refractivity contribution is 6.02. The molecule has 0 fully saturated rings. The first-order valence-corrected chi connectivity index (χ1v) is 5.20. The van der Waals surface area contributed by atoms with Crippen LogP contribution in [0.25, 0.3) is 0 Å². The molecule has 1 aromatic carbocycles. The Balaban J connectivity index is 2.21. The van der Waals surface area contributed by atoms with Gasteiger partial charge in [-0.05, 0) is 24.3 Å². The van der Waals surface area contributed by atoms with Crippen LogP contribution in [0.2, 0.25) is 0 Å². The second-order valence-corrected chi connectivity index (χ2v) is 3.58. The van der Waals surface area contributed by atoms with Crippen LogP contribution >= 0.6 is 0 Å². The van der Waals surface area contributed by atoms with E-state index in [1.54, 1.807) is 24.3 Å². The zero-order valence-corrected chi connectivity index (χ0v) is 9.31. The number of anilines is 1. The van der Waals surface area contributed by atoms with E-state index >= 15 is 0 Å². The highest BCUT2D eigenvalue weighted by atomic mass is 16.2. The summed E-state index contributed by atoms with van der Waals surface area (Å²) in [6.07, 6.45) is 0. The van der Waals surface area contributed by atoms with Crippen molar-refractivity contribution in [3.8, 4) is 6.07 Å². The van der Waals surface area contributed by atoms with Crippen LogP contribution in [0.15, 0.2) is 47.3 Å². The standard InChI is InChI=1S/C13H9N3O2/c14-8-9-3-1-4-10(7-9)15-13(18)11-5-2-6-12(17)16-11/h1-7H,(H,15,18)(H,16,17). The zero-order valence-electron chi connectivity index (χ0n) is 9.31. The molecule has 5 heteroatoms. The molecule has 0 unspecified atom stereocenters. The minimum Gasteiger partial charge on any atom is -0.321 e. The molecule has 2 aromatic rings. The van der Waals surface area contributed by atoms with Crippen molar-refractivity contribution in [2.45, 2.75) is 0 Å². The van der Waals surface area contributed by atoms with Crippen molar-refractivity contribution in [3.63, 3.8) is 0 Å². The van der Waals surface area contributed by atoms with Crippen molar-refractivity contribution in [3.05, 3.63) is 64.1 Å². The molecule has 0 bridgehead atoms. The minimum absolute atomic E-state index is 0.171. The summed E-state index contributed by atoms with van der Waals surface area (Å²) in [6, 6.07) is 12.8. The molecular weight excluding hydrogens is 230 g/mol. The van der Waals surface area contributed by atoms with Crippen molar-refractivity contribution in [2.75, 3.05) is 5.32 Å². The summed E-state index contributed by atoms with van der Waals surface area (Å²) in [4.78, 5) is 25.3. The highest BCUT2D eigenvalue weighted by Crippen LogP contribution is 2.10. The summed E-state index contributed by atoms with van der Waals surface area (Å²) in [5.74, 6) is -0.428. The van der Waals surface area contributed by atoms with E-state index < -0.39 is 5.91 Å². The topological polar surface area (TPSA) is 85.8 Å². The van der Waals surface area contributed by atoms with Gasteiger partial charge >= 0.3 is 0 Å². The molecule has 1 heterocycles. The lowest BCUT2D eigenvalue weighted by Gasteiger charge is -2.04. The number of aromatic nitrogens is 1. The predicted octanol–water partition coefficient (Wildman–Crippen LogP) is 1.50. The van der Waals surface area contributed by atoms with Gasteiger partial charge in [-0.3, -0.25) is 9.59 Å². The van der Waals surface area contributed by atoms with Crippen LogP contribution in [-0.4, -0.2) is 10.9 Å². The number of benzene rings is 1. The number of carbonyl (C=O) groups is 1. The Labute approximate surface area is 103 Å². The van der Waals surface area contributed by atoms with Crippen molar-refractivity contribution in [1.82, 2.24) is 4.98 Å². The van der Waals surface area contributed by atoms with Gasteiger partial charge in [-0.25, -0.2) is 0 Å². The molecule has 18 heavy (non-hydrogen) atoms. The molecule has 2 N–H and O–H groups in total. The van der Waals surface area contributed by atoms with Crippen molar-refractivity contribution in [2.24, 2.45) is 0 Å². The lowest BCUT2D eigenvalue weighted by atomic mass is 10.2. The van der Waals surface area contributed by atoms with Crippen molar-refractivity contribution >= 4 is 11.6 Å². The lowest BCUT2D eigenvalue weighted by molar-refractivity contribution is 0.102. The largest absolute Gasteiger partial charge is 0.321 e. The SMILES string of the molecule is N#Cc1cccc(NC(=O)c2cccc(=O)[nH]2)c1. The number of H-pyrrole nitrogens is 1. The number of hydrogen-bond acceptors (Lipinski definition) is 3. The van der Waals surface area contributed by atoms with Gasteiger partial charge in [-0.1, -0.05) is 12.1 Å². The fourth-order valence-corrected chi connectivity index (χ4v) is 1.45. The van der Waals surface area contributed by atoms with Gasteiger partial charge < -0.3 is 10.3 Å². The molecule has 0 saturated carbocycles. The Hall–Kier alpha value is -2.87.